The van der Waals surface area contributed by atoms with Gasteiger partial charge in [0.05, 0.1) is 34.3 Å². The van der Waals surface area contributed by atoms with Gasteiger partial charge in [-0.05, 0) is 43.7 Å². The maximum Gasteiger partial charge on any atom is 0.259 e. The lowest BCUT2D eigenvalue weighted by Gasteiger charge is -2.12. The Morgan fingerprint density at radius 1 is 1.23 bits per heavy atom. The highest BCUT2D eigenvalue weighted by molar-refractivity contribution is 6.32. The van der Waals surface area contributed by atoms with Crippen LogP contribution in [0, 0.1) is 6.92 Å². The van der Waals surface area contributed by atoms with Gasteiger partial charge in [-0.15, -0.1) is 0 Å². The topological polar surface area (TPSA) is 56.1 Å². The standard InChI is InChI=1S/C20H20ClN3O2/c1-13-17(12-22-24(13)19-10-5-4-9-18(19)21)20(25)23-16-8-6-7-15(11-16)14(2)26-3/h4-12,14H,1-3H3,(H,23,25)/t14-/m1/s1. The zero-order valence-corrected chi connectivity index (χ0v) is 15.6. The third kappa shape index (κ3) is 3.64. The number of hydrogen-bond donors (Lipinski definition) is 1. The van der Waals surface area contributed by atoms with Gasteiger partial charge in [0.2, 0.25) is 0 Å². The maximum absolute atomic E-state index is 12.7. The zero-order valence-electron chi connectivity index (χ0n) is 14.9. The SMILES string of the molecule is CO[C@H](C)c1cccc(NC(=O)c2cnn(-c3ccccc3Cl)c2C)c1. The molecule has 0 radical (unpaired) electrons. The van der Waals surface area contributed by atoms with E-state index < -0.39 is 0 Å². The van der Waals surface area contributed by atoms with Crippen molar-refractivity contribution in [2.24, 2.45) is 0 Å². The summed E-state index contributed by atoms with van der Waals surface area (Å²) in [5, 5.41) is 7.81. The van der Waals surface area contributed by atoms with Gasteiger partial charge in [0.15, 0.2) is 0 Å². The maximum atomic E-state index is 12.7. The molecular formula is C20H20ClN3O2. The highest BCUT2D eigenvalue weighted by atomic mass is 35.5. The number of para-hydroxylation sites is 1. The lowest BCUT2D eigenvalue weighted by atomic mass is 10.1. The van der Waals surface area contributed by atoms with E-state index in [9.17, 15) is 4.79 Å². The number of nitrogens with one attached hydrogen (secondary N) is 1. The molecule has 0 fully saturated rings. The molecule has 0 spiro atoms. The van der Waals surface area contributed by atoms with Gasteiger partial charge < -0.3 is 10.1 Å². The monoisotopic (exact) mass is 369 g/mol. The fourth-order valence-electron chi connectivity index (χ4n) is 2.70. The van der Waals surface area contributed by atoms with Gasteiger partial charge in [-0.1, -0.05) is 35.9 Å². The first-order chi connectivity index (χ1) is 12.5. The van der Waals surface area contributed by atoms with Crippen molar-refractivity contribution < 1.29 is 9.53 Å². The number of methoxy groups -OCH3 is 1. The number of nitrogens with zero attached hydrogens (tertiary/aromatic N) is 2. The van der Waals surface area contributed by atoms with Crippen LogP contribution in [-0.2, 0) is 4.74 Å². The summed E-state index contributed by atoms with van der Waals surface area (Å²) in [4.78, 5) is 12.7. The van der Waals surface area contributed by atoms with Gasteiger partial charge in [0.1, 0.15) is 0 Å². The number of amides is 1. The van der Waals surface area contributed by atoms with Crippen LogP contribution in [0.3, 0.4) is 0 Å². The highest BCUT2D eigenvalue weighted by Crippen LogP contribution is 2.23. The normalized spacial score (nSPS) is 12.0. The first-order valence-electron chi connectivity index (χ1n) is 8.25. The van der Waals surface area contributed by atoms with E-state index in [1.54, 1.807) is 24.1 Å². The molecule has 1 amide bonds. The first-order valence-corrected chi connectivity index (χ1v) is 8.62. The Hall–Kier alpha value is -2.63. The van der Waals surface area contributed by atoms with Crippen LogP contribution in [-0.4, -0.2) is 22.8 Å². The Morgan fingerprint density at radius 3 is 2.73 bits per heavy atom. The Labute approximate surface area is 157 Å². The number of hydrogen-bond acceptors (Lipinski definition) is 3. The van der Waals surface area contributed by atoms with Crippen molar-refractivity contribution in [3.05, 3.63) is 76.6 Å². The van der Waals surface area contributed by atoms with E-state index in [1.165, 1.54) is 0 Å². The van der Waals surface area contributed by atoms with Gasteiger partial charge in [-0.25, -0.2) is 4.68 Å². The first kappa shape index (κ1) is 18.2. The molecule has 1 aromatic heterocycles. The van der Waals surface area contributed by atoms with E-state index in [1.807, 2.05) is 56.3 Å². The third-order valence-electron chi connectivity index (χ3n) is 4.30. The van der Waals surface area contributed by atoms with E-state index in [0.29, 0.717) is 16.3 Å². The summed E-state index contributed by atoms with van der Waals surface area (Å²) in [6.07, 6.45) is 1.51. The predicted molar refractivity (Wildman–Crippen MR) is 103 cm³/mol. The van der Waals surface area contributed by atoms with Crippen molar-refractivity contribution in [1.82, 2.24) is 9.78 Å². The van der Waals surface area contributed by atoms with Crippen molar-refractivity contribution in [3.8, 4) is 5.69 Å². The summed E-state index contributed by atoms with van der Waals surface area (Å²) in [7, 11) is 1.66. The molecule has 0 aliphatic rings. The number of benzene rings is 2. The molecule has 0 saturated heterocycles. The average molecular weight is 370 g/mol. The molecule has 3 aromatic rings. The molecule has 1 N–H and O–H groups in total. The van der Waals surface area contributed by atoms with Crippen LogP contribution >= 0.6 is 11.6 Å². The number of carbonyl (C=O) groups excluding carboxylic acids is 1. The van der Waals surface area contributed by atoms with Gasteiger partial charge >= 0.3 is 0 Å². The van der Waals surface area contributed by atoms with Crippen molar-refractivity contribution in [3.63, 3.8) is 0 Å². The number of carbonyl (C=O) groups is 1. The Bertz CT molecular complexity index is 936. The van der Waals surface area contributed by atoms with Crippen molar-refractivity contribution in [2.75, 3.05) is 12.4 Å². The van der Waals surface area contributed by atoms with E-state index in [0.717, 1.165) is 16.9 Å². The summed E-state index contributed by atoms with van der Waals surface area (Å²) < 4.78 is 6.99. The van der Waals surface area contributed by atoms with Crippen molar-refractivity contribution in [1.29, 1.82) is 0 Å². The van der Waals surface area contributed by atoms with Crippen LogP contribution < -0.4 is 5.32 Å². The average Bonchev–Trinajstić information content (AvgIpc) is 3.03. The molecule has 26 heavy (non-hydrogen) atoms. The van der Waals surface area contributed by atoms with Gasteiger partial charge in [-0.2, -0.15) is 5.10 Å². The van der Waals surface area contributed by atoms with Crippen molar-refractivity contribution in [2.45, 2.75) is 20.0 Å². The second-order valence-corrected chi connectivity index (χ2v) is 6.37. The number of rotatable bonds is 5. The minimum atomic E-state index is -0.219. The van der Waals surface area contributed by atoms with E-state index in [-0.39, 0.29) is 12.0 Å². The molecule has 134 valence electrons. The highest BCUT2D eigenvalue weighted by Gasteiger charge is 2.17. The second-order valence-electron chi connectivity index (χ2n) is 5.96. The number of ether oxygens (including phenoxy) is 1. The molecule has 1 heterocycles. The number of anilines is 1. The summed E-state index contributed by atoms with van der Waals surface area (Å²) in [6, 6.07) is 15.0. The van der Waals surface area contributed by atoms with E-state index >= 15 is 0 Å². The van der Waals surface area contributed by atoms with Crippen LogP contribution in [0.25, 0.3) is 5.69 Å². The Kier molecular flexibility index (Phi) is 5.40. The molecule has 0 unspecified atom stereocenters. The zero-order chi connectivity index (χ0) is 18.7. The summed E-state index contributed by atoms with van der Waals surface area (Å²) in [5.74, 6) is -0.219. The third-order valence-corrected chi connectivity index (χ3v) is 4.62. The molecule has 3 rings (SSSR count). The van der Waals surface area contributed by atoms with Gasteiger partial charge in [0, 0.05) is 12.8 Å². The van der Waals surface area contributed by atoms with Gasteiger partial charge in [0.25, 0.3) is 5.91 Å². The van der Waals surface area contributed by atoms with Crippen LogP contribution in [0.2, 0.25) is 5.02 Å². The number of halogens is 1. The lowest BCUT2D eigenvalue weighted by Crippen LogP contribution is -2.13. The molecule has 1 atom stereocenters. The Morgan fingerprint density at radius 2 is 2.00 bits per heavy atom. The van der Waals surface area contributed by atoms with Crippen LogP contribution in [0.5, 0.6) is 0 Å². The van der Waals surface area contributed by atoms with Crippen LogP contribution in [0.15, 0.2) is 54.7 Å². The Balaban J connectivity index is 1.85. The smallest absolute Gasteiger partial charge is 0.259 e. The summed E-state index contributed by atoms with van der Waals surface area (Å²) >= 11 is 6.24. The number of aromatic nitrogens is 2. The fourth-order valence-corrected chi connectivity index (χ4v) is 2.92. The van der Waals surface area contributed by atoms with E-state index in [4.69, 9.17) is 16.3 Å². The summed E-state index contributed by atoms with van der Waals surface area (Å²) in [6.45, 7) is 3.80. The minimum Gasteiger partial charge on any atom is -0.377 e. The van der Waals surface area contributed by atoms with Gasteiger partial charge in [-0.3, -0.25) is 4.79 Å². The molecule has 2 aromatic carbocycles. The van der Waals surface area contributed by atoms with E-state index in [2.05, 4.69) is 10.4 Å². The quantitative estimate of drug-likeness (QED) is 0.703. The van der Waals surface area contributed by atoms with Crippen molar-refractivity contribution >= 4 is 23.2 Å². The fraction of sp³-hybridized carbons (Fsp3) is 0.200. The van der Waals surface area contributed by atoms with Crippen LogP contribution in [0.1, 0.15) is 34.6 Å². The molecule has 6 heteroatoms. The molecule has 0 aliphatic carbocycles. The lowest BCUT2D eigenvalue weighted by molar-refractivity contribution is 0.102. The molecule has 0 bridgehead atoms. The molecule has 0 saturated carbocycles. The summed E-state index contributed by atoms with van der Waals surface area (Å²) in [5.41, 5.74) is 3.66. The largest absolute Gasteiger partial charge is 0.377 e. The second kappa shape index (κ2) is 7.72. The minimum absolute atomic E-state index is 0.0449. The molecular weight excluding hydrogens is 350 g/mol. The van der Waals surface area contributed by atoms with Crippen LogP contribution in [0.4, 0.5) is 5.69 Å². The molecule has 5 nitrogen and oxygen atoms in total. The molecule has 0 aliphatic heterocycles. The predicted octanol–water partition coefficient (Wildman–Crippen LogP) is 4.79.